The van der Waals surface area contributed by atoms with Gasteiger partial charge in [0.25, 0.3) is 0 Å². The third-order valence-electron chi connectivity index (χ3n) is 3.59. The van der Waals surface area contributed by atoms with Gasteiger partial charge in [-0.25, -0.2) is 0 Å². The van der Waals surface area contributed by atoms with Gasteiger partial charge in [-0.05, 0) is 44.0 Å². The molecule has 108 valence electrons. The number of hydrogen-bond donors (Lipinski definition) is 1. The molecule has 0 fully saturated rings. The summed E-state index contributed by atoms with van der Waals surface area (Å²) in [6.45, 7) is 7.66. The Morgan fingerprint density at radius 2 is 1.74 bits per heavy atom. The predicted molar refractivity (Wildman–Crippen MR) is 81.5 cm³/mol. The van der Waals surface area contributed by atoms with E-state index in [0.717, 1.165) is 23.8 Å². The Labute approximate surface area is 117 Å². The highest BCUT2D eigenvalue weighted by Crippen LogP contribution is 2.18. The van der Waals surface area contributed by atoms with Gasteiger partial charge in [-0.3, -0.25) is 0 Å². The third-order valence-corrected chi connectivity index (χ3v) is 3.59. The lowest BCUT2D eigenvalue weighted by Crippen LogP contribution is -2.36. The number of benzene rings is 1. The Kier molecular flexibility index (Phi) is 6.32. The summed E-state index contributed by atoms with van der Waals surface area (Å²) in [5, 5.41) is 0. The number of hydrogen-bond acceptors (Lipinski definition) is 3. The van der Waals surface area contributed by atoms with Crippen LogP contribution in [0, 0.1) is 5.92 Å². The lowest BCUT2D eigenvalue weighted by molar-refractivity contribution is 0.216. The molecule has 2 unspecified atom stereocenters. The molecule has 0 aliphatic carbocycles. The molecule has 0 radical (unpaired) electrons. The minimum Gasteiger partial charge on any atom is -0.497 e. The van der Waals surface area contributed by atoms with E-state index in [9.17, 15) is 0 Å². The Morgan fingerprint density at radius 1 is 1.16 bits per heavy atom. The van der Waals surface area contributed by atoms with Crippen molar-refractivity contribution in [1.29, 1.82) is 0 Å². The van der Waals surface area contributed by atoms with Crippen LogP contribution in [0.4, 0.5) is 0 Å². The van der Waals surface area contributed by atoms with Crippen LogP contribution in [0.2, 0.25) is 0 Å². The van der Waals surface area contributed by atoms with Crippen LogP contribution in [0.1, 0.15) is 38.8 Å². The van der Waals surface area contributed by atoms with E-state index in [1.54, 1.807) is 7.11 Å². The van der Waals surface area contributed by atoms with Gasteiger partial charge in [0.05, 0.1) is 7.11 Å². The Hall–Kier alpha value is -1.06. The van der Waals surface area contributed by atoms with Gasteiger partial charge in [0.2, 0.25) is 0 Å². The van der Waals surface area contributed by atoms with Gasteiger partial charge in [0.15, 0.2) is 0 Å². The van der Waals surface area contributed by atoms with Crippen molar-refractivity contribution in [2.24, 2.45) is 11.7 Å². The zero-order valence-electron chi connectivity index (χ0n) is 12.9. The van der Waals surface area contributed by atoms with Crippen molar-refractivity contribution in [3.05, 3.63) is 29.8 Å². The minimum absolute atomic E-state index is 0.0468. The number of nitrogens with two attached hydrogens (primary N) is 1. The largest absolute Gasteiger partial charge is 0.497 e. The van der Waals surface area contributed by atoms with Crippen LogP contribution < -0.4 is 10.5 Å². The fourth-order valence-corrected chi connectivity index (χ4v) is 2.31. The Morgan fingerprint density at radius 3 is 2.21 bits per heavy atom. The zero-order chi connectivity index (χ0) is 14.4. The van der Waals surface area contributed by atoms with Crippen molar-refractivity contribution >= 4 is 0 Å². The Balaban J connectivity index is 2.55. The average molecular weight is 264 g/mol. The third kappa shape index (κ3) is 5.21. The van der Waals surface area contributed by atoms with Crippen LogP contribution in [0.5, 0.6) is 5.75 Å². The maximum atomic E-state index is 6.27. The summed E-state index contributed by atoms with van der Waals surface area (Å²) in [7, 11) is 3.83. The first-order valence-electron chi connectivity index (χ1n) is 7.03. The van der Waals surface area contributed by atoms with Crippen LogP contribution in [0.15, 0.2) is 24.3 Å². The molecule has 1 aromatic carbocycles. The van der Waals surface area contributed by atoms with Crippen molar-refractivity contribution in [3.8, 4) is 5.75 Å². The van der Waals surface area contributed by atoms with Crippen LogP contribution in [0.25, 0.3) is 0 Å². The van der Waals surface area contributed by atoms with Crippen LogP contribution >= 0.6 is 0 Å². The molecular weight excluding hydrogens is 236 g/mol. The molecule has 0 heterocycles. The van der Waals surface area contributed by atoms with Crippen molar-refractivity contribution in [1.82, 2.24) is 4.90 Å². The van der Waals surface area contributed by atoms with E-state index in [-0.39, 0.29) is 6.04 Å². The second kappa shape index (κ2) is 7.51. The summed E-state index contributed by atoms with van der Waals surface area (Å²) in [4.78, 5) is 2.34. The predicted octanol–water partition coefficient (Wildman–Crippen LogP) is 3.06. The molecule has 1 rings (SSSR count). The molecule has 0 aliphatic rings. The van der Waals surface area contributed by atoms with Crippen molar-refractivity contribution in [3.63, 3.8) is 0 Å². The molecule has 0 saturated carbocycles. The summed E-state index contributed by atoms with van der Waals surface area (Å²) in [5.74, 6) is 1.59. The lowest BCUT2D eigenvalue weighted by atomic mass is 10.0. The number of methoxy groups -OCH3 is 1. The first kappa shape index (κ1) is 16.0. The highest BCUT2D eigenvalue weighted by Gasteiger charge is 2.15. The molecule has 0 aliphatic heterocycles. The molecule has 0 spiro atoms. The first-order valence-corrected chi connectivity index (χ1v) is 7.03. The van der Waals surface area contributed by atoms with Gasteiger partial charge in [-0.15, -0.1) is 0 Å². The second-order valence-corrected chi connectivity index (χ2v) is 5.80. The van der Waals surface area contributed by atoms with Gasteiger partial charge in [0, 0.05) is 18.6 Å². The van der Waals surface area contributed by atoms with Crippen molar-refractivity contribution in [2.45, 2.75) is 39.3 Å². The fraction of sp³-hybridized carbons (Fsp3) is 0.625. The molecule has 0 bridgehead atoms. The van der Waals surface area contributed by atoms with E-state index >= 15 is 0 Å². The number of ether oxygens (including phenoxy) is 1. The Bertz CT molecular complexity index is 362. The van der Waals surface area contributed by atoms with Crippen molar-refractivity contribution < 1.29 is 4.74 Å². The maximum Gasteiger partial charge on any atom is 0.118 e. The van der Waals surface area contributed by atoms with Crippen LogP contribution in [-0.2, 0) is 0 Å². The second-order valence-electron chi connectivity index (χ2n) is 5.80. The van der Waals surface area contributed by atoms with E-state index in [1.165, 1.54) is 6.42 Å². The minimum atomic E-state index is 0.0468. The molecule has 3 nitrogen and oxygen atoms in total. The molecule has 2 N–H and O–H groups in total. The summed E-state index contributed by atoms with van der Waals surface area (Å²) < 4.78 is 5.16. The molecule has 19 heavy (non-hydrogen) atoms. The number of nitrogens with zero attached hydrogens (tertiary/aromatic N) is 1. The summed E-state index contributed by atoms with van der Waals surface area (Å²) in [6, 6.07) is 8.63. The van der Waals surface area contributed by atoms with Gasteiger partial charge < -0.3 is 15.4 Å². The molecule has 0 saturated heterocycles. The summed E-state index contributed by atoms with van der Waals surface area (Å²) >= 11 is 0. The van der Waals surface area contributed by atoms with Gasteiger partial charge >= 0.3 is 0 Å². The normalized spacial score (nSPS) is 14.7. The average Bonchev–Trinajstić information content (AvgIpc) is 2.37. The van der Waals surface area contributed by atoms with Gasteiger partial charge in [-0.2, -0.15) is 0 Å². The molecule has 3 heteroatoms. The molecule has 1 aromatic rings. The highest BCUT2D eigenvalue weighted by molar-refractivity contribution is 5.29. The molecular formula is C16H28N2O. The molecule has 0 amide bonds. The zero-order valence-corrected chi connectivity index (χ0v) is 12.9. The van der Waals surface area contributed by atoms with E-state index in [1.807, 2.05) is 24.3 Å². The van der Waals surface area contributed by atoms with E-state index in [4.69, 9.17) is 10.5 Å². The quantitative estimate of drug-likeness (QED) is 0.822. The van der Waals surface area contributed by atoms with Crippen LogP contribution in [-0.4, -0.2) is 31.6 Å². The standard InChI is InChI=1S/C16H28N2O/c1-12(2)10-13(3)18(4)11-16(17)14-6-8-15(19-5)9-7-14/h6-9,12-13,16H,10-11,17H2,1-5H3. The SMILES string of the molecule is COc1ccc(C(N)CN(C)C(C)CC(C)C)cc1. The maximum absolute atomic E-state index is 6.27. The number of likely N-dealkylation sites (N-methyl/N-ethyl adjacent to an activating group) is 1. The van der Waals surface area contributed by atoms with E-state index in [0.29, 0.717) is 6.04 Å². The van der Waals surface area contributed by atoms with Gasteiger partial charge in [0.1, 0.15) is 5.75 Å². The van der Waals surface area contributed by atoms with E-state index < -0.39 is 0 Å². The van der Waals surface area contributed by atoms with Crippen molar-refractivity contribution in [2.75, 3.05) is 20.7 Å². The first-order chi connectivity index (χ1) is 8.93. The smallest absolute Gasteiger partial charge is 0.118 e. The molecule has 0 aromatic heterocycles. The highest BCUT2D eigenvalue weighted by atomic mass is 16.5. The number of rotatable bonds is 7. The monoisotopic (exact) mass is 264 g/mol. The summed E-state index contributed by atoms with van der Waals surface area (Å²) in [6.07, 6.45) is 1.20. The molecule has 2 atom stereocenters. The fourth-order valence-electron chi connectivity index (χ4n) is 2.31. The topological polar surface area (TPSA) is 38.5 Å². The van der Waals surface area contributed by atoms with E-state index in [2.05, 4.69) is 32.7 Å². The van der Waals surface area contributed by atoms with Gasteiger partial charge in [-0.1, -0.05) is 26.0 Å². The lowest BCUT2D eigenvalue weighted by Gasteiger charge is -2.28. The summed E-state index contributed by atoms with van der Waals surface area (Å²) in [5.41, 5.74) is 7.43. The van der Waals surface area contributed by atoms with Crippen LogP contribution in [0.3, 0.4) is 0 Å².